The van der Waals surface area contributed by atoms with E-state index in [9.17, 15) is 4.79 Å². The van der Waals surface area contributed by atoms with Crippen LogP contribution in [0.3, 0.4) is 0 Å². The van der Waals surface area contributed by atoms with Crippen molar-refractivity contribution in [3.8, 4) is 0 Å². The average Bonchev–Trinajstić information content (AvgIpc) is 3.14. The lowest BCUT2D eigenvalue weighted by molar-refractivity contribution is 0.0937. The van der Waals surface area contributed by atoms with Gasteiger partial charge in [0.1, 0.15) is 5.69 Å². The van der Waals surface area contributed by atoms with Crippen LogP contribution in [0, 0.1) is 6.92 Å². The molecule has 6 nitrogen and oxygen atoms in total. The fourth-order valence-corrected chi connectivity index (χ4v) is 2.44. The number of hydrogen-bond donors (Lipinski definition) is 2. The Morgan fingerprint density at radius 1 is 1.30 bits per heavy atom. The van der Waals surface area contributed by atoms with Gasteiger partial charge >= 0.3 is 0 Å². The number of carbonyl (C=O) groups is 1. The Morgan fingerprint density at radius 3 is 2.61 bits per heavy atom. The van der Waals surface area contributed by atoms with Crippen molar-refractivity contribution in [2.45, 2.75) is 13.0 Å². The zero-order valence-electron chi connectivity index (χ0n) is 12.7. The number of benzene rings is 1. The number of rotatable bonds is 4. The molecule has 3 aromatic rings. The molecule has 0 spiro atoms. The van der Waals surface area contributed by atoms with Crippen molar-refractivity contribution in [2.75, 3.05) is 0 Å². The molecule has 3 rings (SSSR count). The molecule has 0 radical (unpaired) electrons. The Bertz CT molecular complexity index is 821. The summed E-state index contributed by atoms with van der Waals surface area (Å²) in [4.78, 5) is 12.4. The standard InChI is InChI=1S/C16H16ClN5O/c1-10-9-14(20-19-10)16(23)18-15(13-7-8-22(2)21-13)11-3-5-12(17)6-4-11/h3-9,15H,1-2H3,(H,18,23)(H,19,20). The molecule has 7 heteroatoms. The van der Waals surface area contributed by atoms with Gasteiger partial charge in [0.2, 0.25) is 0 Å². The number of aryl methyl sites for hydroxylation is 2. The lowest BCUT2D eigenvalue weighted by atomic mass is 10.0. The maximum atomic E-state index is 12.4. The monoisotopic (exact) mass is 329 g/mol. The van der Waals surface area contributed by atoms with Crippen molar-refractivity contribution in [3.63, 3.8) is 0 Å². The Kier molecular flexibility index (Phi) is 4.16. The van der Waals surface area contributed by atoms with E-state index in [-0.39, 0.29) is 11.9 Å². The maximum Gasteiger partial charge on any atom is 0.272 e. The van der Waals surface area contributed by atoms with Gasteiger partial charge in [-0.3, -0.25) is 14.6 Å². The summed E-state index contributed by atoms with van der Waals surface area (Å²) in [6, 6.07) is 10.5. The Balaban J connectivity index is 1.92. The minimum atomic E-state index is -0.377. The van der Waals surface area contributed by atoms with E-state index in [2.05, 4.69) is 20.6 Å². The van der Waals surface area contributed by atoms with E-state index in [1.165, 1.54) is 0 Å². The summed E-state index contributed by atoms with van der Waals surface area (Å²) in [7, 11) is 1.83. The normalized spacial score (nSPS) is 12.1. The lowest BCUT2D eigenvalue weighted by Crippen LogP contribution is -2.30. The zero-order chi connectivity index (χ0) is 16.4. The second-order valence-electron chi connectivity index (χ2n) is 5.31. The zero-order valence-corrected chi connectivity index (χ0v) is 13.5. The molecule has 0 saturated carbocycles. The third kappa shape index (κ3) is 3.43. The molecule has 118 valence electrons. The van der Waals surface area contributed by atoms with Gasteiger partial charge in [0.05, 0.1) is 11.7 Å². The predicted molar refractivity (Wildman–Crippen MR) is 87.3 cm³/mol. The average molecular weight is 330 g/mol. The van der Waals surface area contributed by atoms with E-state index in [0.717, 1.165) is 17.0 Å². The fraction of sp³-hybridized carbons (Fsp3) is 0.188. The van der Waals surface area contributed by atoms with Crippen molar-refractivity contribution in [1.82, 2.24) is 25.3 Å². The molecule has 1 amide bonds. The third-order valence-electron chi connectivity index (χ3n) is 3.45. The molecule has 2 aromatic heterocycles. The van der Waals surface area contributed by atoms with Crippen molar-refractivity contribution >= 4 is 17.5 Å². The SMILES string of the molecule is Cc1cc(C(=O)NC(c2ccc(Cl)cc2)c2ccn(C)n2)n[nH]1. The highest BCUT2D eigenvalue weighted by atomic mass is 35.5. The van der Waals surface area contributed by atoms with Crippen molar-refractivity contribution in [2.24, 2.45) is 7.05 Å². The molecule has 1 atom stereocenters. The van der Waals surface area contributed by atoms with Gasteiger partial charge in [-0.1, -0.05) is 23.7 Å². The molecular formula is C16H16ClN5O. The number of aromatic amines is 1. The highest BCUT2D eigenvalue weighted by molar-refractivity contribution is 6.30. The summed E-state index contributed by atoms with van der Waals surface area (Å²) in [5, 5.41) is 14.8. The second-order valence-corrected chi connectivity index (χ2v) is 5.74. The summed E-state index contributed by atoms with van der Waals surface area (Å²) in [6.07, 6.45) is 1.84. The number of halogens is 1. The summed E-state index contributed by atoms with van der Waals surface area (Å²) in [5.41, 5.74) is 2.82. The number of carbonyl (C=O) groups excluding carboxylic acids is 1. The fourth-order valence-electron chi connectivity index (χ4n) is 2.31. The van der Waals surface area contributed by atoms with Gasteiger partial charge in [-0.2, -0.15) is 10.2 Å². The molecule has 0 aliphatic heterocycles. The van der Waals surface area contributed by atoms with Crippen LogP contribution in [0.1, 0.15) is 33.5 Å². The van der Waals surface area contributed by atoms with E-state index in [1.807, 2.05) is 38.4 Å². The predicted octanol–water partition coefficient (Wildman–Crippen LogP) is 2.62. The van der Waals surface area contributed by atoms with Crippen LogP contribution in [0.5, 0.6) is 0 Å². The van der Waals surface area contributed by atoms with Crippen LogP contribution in [-0.4, -0.2) is 25.9 Å². The highest BCUT2D eigenvalue weighted by Gasteiger charge is 2.21. The third-order valence-corrected chi connectivity index (χ3v) is 3.70. The van der Waals surface area contributed by atoms with E-state index < -0.39 is 0 Å². The van der Waals surface area contributed by atoms with E-state index >= 15 is 0 Å². The molecule has 1 unspecified atom stereocenters. The number of nitrogens with zero attached hydrogens (tertiary/aromatic N) is 3. The van der Waals surface area contributed by atoms with Crippen LogP contribution in [0.4, 0.5) is 0 Å². The van der Waals surface area contributed by atoms with E-state index in [4.69, 9.17) is 11.6 Å². The van der Waals surface area contributed by atoms with Crippen molar-refractivity contribution in [3.05, 3.63) is 70.3 Å². The van der Waals surface area contributed by atoms with Crippen LogP contribution in [0.25, 0.3) is 0 Å². The van der Waals surface area contributed by atoms with Gasteiger partial charge in [0.25, 0.3) is 5.91 Å². The molecule has 0 aliphatic carbocycles. The molecule has 2 N–H and O–H groups in total. The molecule has 0 bridgehead atoms. The summed E-state index contributed by atoms with van der Waals surface area (Å²) in [5.74, 6) is -0.264. The van der Waals surface area contributed by atoms with E-state index in [0.29, 0.717) is 10.7 Å². The van der Waals surface area contributed by atoms with Gasteiger partial charge < -0.3 is 5.32 Å². The minimum absolute atomic E-state index is 0.264. The molecule has 1 aromatic carbocycles. The van der Waals surface area contributed by atoms with Gasteiger partial charge in [-0.15, -0.1) is 0 Å². The number of aromatic nitrogens is 4. The van der Waals surface area contributed by atoms with Crippen LogP contribution >= 0.6 is 11.6 Å². The van der Waals surface area contributed by atoms with Crippen LogP contribution < -0.4 is 5.32 Å². The molecule has 2 heterocycles. The van der Waals surface area contributed by atoms with Crippen LogP contribution in [0.15, 0.2) is 42.6 Å². The Labute approximate surface area is 138 Å². The highest BCUT2D eigenvalue weighted by Crippen LogP contribution is 2.22. The van der Waals surface area contributed by atoms with Gasteiger partial charge in [-0.25, -0.2) is 0 Å². The lowest BCUT2D eigenvalue weighted by Gasteiger charge is -2.17. The number of nitrogens with one attached hydrogen (secondary N) is 2. The van der Waals surface area contributed by atoms with Crippen molar-refractivity contribution < 1.29 is 4.79 Å². The largest absolute Gasteiger partial charge is 0.338 e. The van der Waals surface area contributed by atoms with E-state index in [1.54, 1.807) is 22.9 Å². The maximum absolute atomic E-state index is 12.4. The molecular weight excluding hydrogens is 314 g/mol. The molecule has 23 heavy (non-hydrogen) atoms. The number of H-pyrrole nitrogens is 1. The Hall–Kier alpha value is -2.60. The topological polar surface area (TPSA) is 75.6 Å². The summed E-state index contributed by atoms with van der Waals surface area (Å²) >= 11 is 5.95. The smallest absolute Gasteiger partial charge is 0.272 e. The summed E-state index contributed by atoms with van der Waals surface area (Å²) in [6.45, 7) is 1.85. The van der Waals surface area contributed by atoms with Crippen LogP contribution in [-0.2, 0) is 7.05 Å². The number of amides is 1. The van der Waals surface area contributed by atoms with Gasteiger partial charge in [-0.05, 0) is 36.8 Å². The Morgan fingerprint density at radius 2 is 2.04 bits per heavy atom. The van der Waals surface area contributed by atoms with Crippen molar-refractivity contribution in [1.29, 1.82) is 0 Å². The molecule has 0 fully saturated rings. The first-order valence-electron chi connectivity index (χ1n) is 7.11. The molecule has 0 aliphatic rings. The minimum Gasteiger partial charge on any atom is -0.338 e. The summed E-state index contributed by atoms with van der Waals surface area (Å²) < 4.78 is 1.70. The molecule has 0 saturated heterocycles. The first kappa shape index (κ1) is 15.3. The van der Waals surface area contributed by atoms with Gasteiger partial charge in [0.15, 0.2) is 0 Å². The number of hydrogen-bond acceptors (Lipinski definition) is 3. The first-order chi connectivity index (χ1) is 11.0. The quantitative estimate of drug-likeness (QED) is 0.772. The van der Waals surface area contributed by atoms with Crippen LogP contribution in [0.2, 0.25) is 5.02 Å². The second kappa shape index (κ2) is 6.26. The first-order valence-corrected chi connectivity index (χ1v) is 7.48. The van der Waals surface area contributed by atoms with Gasteiger partial charge in [0, 0.05) is 24.0 Å².